The molecule has 2 fully saturated rings. The molecule has 2 heterocycles. The van der Waals surface area contributed by atoms with Crippen molar-refractivity contribution in [2.45, 2.75) is 32.2 Å². The average Bonchev–Trinajstić information content (AvgIpc) is 2.47. The molecule has 3 heteroatoms. The first-order chi connectivity index (χ1) is 6.27. The molecule has 0 aromatic rings. The topological polar surface area (TPSA) is 29.5 Å². The SMILES string of the molecule is C[C@H]1CC(=O)N(C2CCOCC2)C1. The lowest BCUT2D eigenvalue weighted by Crippen LogP contribution is -2.40. The molecule has 0 spiro atoms. The van der Waals surface area contributed by atoms with E-state index in [2.05, 4.69) is 11.8 Å². The van der Waals surface area contributed by atoms with Crippen LogP contribution in [0.3, 0.4) is 0 Å². The van der Waals surface area contributed by atoms with Crippen molar-refractivity contribution in [1.82, 2.24) is 4.90 Å². The lowest BCUT2D eigenvalue weighted by Gasteiger charge is -2.31. The average molecular weight is 183 g/mol. The predicted octanol–water partition coefficient (Wildman–Crippen LogP) is 1.03. The van der Waals surface area contributed by atoms with Gasteiger partial charge < -0.3 is 9.64 Å². The van der Waals surface area contributed by atoms with Crippen molar-refractivity contribution >= 4 is 5.91 Å². The van der Waals surface area contributed by atoms with Crippen molar-refractivity contribution in [1.29, 1.82) is 0 Å². The second-order valence-corrected chi connectivity index (χ2v) is 4.20. The van der Waals surface area contributed by atoms with Gasteiger partial charge in [-0.05, 0) is 18.8 Å². The zero-order chi connectivity index (χ0) is 9.26. The molecule has 2 rings (SSSR count). The number of hydrogen-bond acceptors (Lipinski definition) is 2. The minimum Gasteiger partial charge on any atom is -0.381 e. The molecular weight excluding hydrogens is 166 g/mol. The second kappa shape index (κ2) is 3.66. The van der Waals surface area contributed by atoms with Gasteiger partial charge in [-0.2, -0.15) is 0 Å². The summed E-state index contributed by atoms with van der Waals surface area (Å²) in [6.07, 6.45) is 2.80. The summed E-state index contributed by atoms with van der Waals surface area (Å²) in [6, 6.07) is 0.464. The van der Waals surface area contributed by atoms with E-state index in [1.54, 1.807) is 0 Å². The molecule has 74 valence electrons. The molecule has 0 aliphatic carbocycles. The van der Waals surface area contributed by atoms with Crippen LogP contribution in [0.15, 0.2) is 0 Å². The van der Waals surface area contributed by atoms with E-state index < -0.39 is 0 Å². The molecule has 2 aliphatic heterocycles. The van der Waals surface area contributed by atoms with Crippen LogP contribution in [0.4, 0.5) is 0 Å². The van der Waals surface area contributed by atoms with Crippen LogP contribution in [0.5, 0.6) is 0 Å². The van der Waals surface area contributed by atoms with Crippen molar-refractivity contribution in [2.24, 2.45) is 5.92 Å². The van der Waals surface area contributed by atoms with Gasteiger partial charge in [-0.3, -0.25) is 4.79 Å². The summed E-state index contributed by atoms with van der Waals surface area (Å²) in [7, 11) is 0. The fourth-order valence-electron chi connectivity index (χ4n) is 2.27. The van der Waals surface area contributed by atoms with Crippen LogP contribution in [-0.2, 0) is 9.53 Å². The molecule has 0 N–H and O–H groups in total. The van der Waals surface area contributed by atoms with Gasteiger partial charge in [-0.15, -0.1) is 0 Å². The number of ether oxygens (including phenoxy) is 1. The fourth-order valence-corrected chi connectivity index (χ4v) is 2.27. The molecule has 0 aromatic heterocycles. The zero-order valence-corrected chi connectivity index (χ0v) is 8.16. The van der Waals surface area contributed by atoms with Gasteiger partial charge in [0.15, 0.2) is 0 Å². The van der Waals surface area contributed by atoms with Crippen molar-refractivity contribution in [3.05, 3.63) is 0 Å². The maximum Gasteiger partial charge on any atom is 0.223 e. The Morgan fingerprint density at radius 3 is 2.62 bits per heavy atom. The Kier molecular flexibility index (Phi) is 2.54. The third kappa shape index (κ3) is 1.85. The van der Waals surface area contributed by atoms with Crippen LogP contribution in [-0.4, -0.2) is 36.6 Å². The summed E-state index contributed by atoms with van der Waals surface area (Å²) in [5, 5.41) is 0. The molecule has 2 aliphatic rings. The normalized spacial score (nSPS) is 31.3. The number of nitrogens with zero attached hydrogens (tertiary/aromatic N) is 1. The van der Waals surface area contributed by atoms with Gasteiger partial charge in [0.05, 0.1) is 0 Å². The van der Waals surface area contributed by atoms with E-state index >= 15 is 0 Å². The molecule has 0 radical (unpaired) electrons. The molecule has 0 saturated carbocycles. The molecule has 0 unspecified atom stereocenters. The third-order valence-electron chi connectivity index (χ3n) is 2.98. The number of carbonyl (C=O) groups excluding carboxylic acids is 1. The van der Waals surface area contributed by atoms with E-state index in [0.29, 0.717) is 17.9 Å². The second-order valence-electron chi connectivity index (χ2n) is 4.20. The van der Waals surface area contributed by atoms with Crippen molar-refractivity contribution in [3.63, 3.8) is 0 Å². The van der Waals surface area contributed by atoms with E-state index in [4.69, 9.17) is 4.74 Å². The van der Waals surface area contributed by atoms with Crippen LogP contribution < -0.4 is 0 Å². The van der Waals surface area contributed by atoms with Crippen LogP contribution in [0, 0.1) is 5.92 Å². The first-order valence-corrected chi connectivity index (χ1v) is 5.14. The maximum absolute atomic E-state index is 11.6. The van der Waals surface area contributed by atoms with E-state index in [-0.39, 0.29) is 0 Å². The Labute approximate surface area is 79.0 Å². The van der Waals surface area contributed by atoms with Gasteiger partial charge in [-0.25, -0.2) is 0 Å². The minimum atomic E-state index is 0.347. The lowest BCUT2D eigenvalue weighted by atomic mass is 10.1. The summed E-state index contributed by atoms with van der Waals surface area (Å²) >= 11 is 0. The van der Waals surface area contributed by atoms with Gasteiger partial charge in [-0.1, -0.05) is 6.92 Å². The highest BCUT2D eigenvalue weighted by atomic mass is 16.5. The third-order valence-corrected chi connectivity index (χ3v) is 2.98. The Morgan fingerprint density at radius 2 is 2.08 bits per heavy atom. The monoisotopic (exact) mass is 183 g/mol. The molecule has 0 aromatic carbocycles. The van der Waals surface area contributed by atoms with Crippen molar-refractivity contribution < 1.29 is 9.53 Å². The number of hydrogen-bond donors (Lipinski definition) is 0. The standard InChI is InChI=1S/C10H17NO2/c1-8-6-10(12)11(7-8)9-2-4-13-5-3-9/h8-9H,2-7H2,1H3/t8-/m0/s1. The van der Waals surface area contributed by atoms with E-state index in [1.807, 2.05) is 0 Å². The van der Waals surface area contributed by atoms with Crippen LogP contribution in [0.2, 0.25) is 0 Å². The molecular formula is C10H17NO2. The Hall–Kier alpha value is -0.570. The zero-order valence-electron chi connectivity index (χ0n) is 8.16. The van der Waals surface area contributed by atoms with Gasteiger partial charge in [0, 0.05) is 32.2 Å². The summed E-state index contributed by atoms with van der Waals surface area (Å²) in [5.74, 6) is 0.898. The van der Waals surface area contributed by atoms with E-state index in [1.165, 1.54) is 0 Å². The van der Waals surface area contributed by atoms with Crippen molar-refractivity contribution in [3.8, 4) is 0 Å². The van der Waals surface area contributed by atoms with Gasteiger partial charge in [0.25, 0.3) is 0 Å². The molecule has 2 saturated heterocycles. The molecule has 1 amide bonds. The molecule has 0 bridgehead atoms. The summed E-state index contributed by atoms with van der Waals surface area (Å²) in [6.45, 7) is 4.76. The van der Waals surface area contributed by atoms with Crippen LogP contribution >= 0.6 is 0 Å². The number of amides is 1. The highest BCUT2D eigenvalue weighted by molar-refractivity contribution is 5.78. The maximum atomic E-state index is 11.6. The smallest absolute Gasteiger partial charge is 0.223 e. The lowest BCUT2D eigenvalue weighted by molar-refractivity contribution is -0.131. The highest BCUT2D eigenvalue weighted by Gasteiger charge is 2.32. The number of likely N-dealkylation sites (tertiary alicyclic amines) is 1. The van der Waals surface area contributed by atoms with Crippen molar-refractivity contribution in [2.75, 3.05) is 19.8 Å². The first kappa shape index (κ1) is 9.00. The van der Waals surface area contributed by atoms with Gasteiger partial charge in [0.2, 0.25) is 5.91 Å². The quantitative estimate of drug-likeness (QED) is 0.607. The Morgan fingerprint density at radius 1 is 1.38 bits per heavy atom. The largest absolute Gasteiger partial charge is 0.381 e. The number of rotatable bonds is 1. The fraction of sp³-hybridized carbons (Fsp3) is 0.900. The van der Waals surface area contributed by atoms with Gasteiger partial charge >= 0.3 is 0 Å². The summed E-state index contributed by atoms with van der Waals surface area (Å²) in [5.41, 5.74) is 0. The molecule has 1 atom stereocenters. The van der Waals surface area contributed by atoms with Gasteiger partial charge in [0.1, 0.15) is 0 Å². The highest BCUT2D eigenvalue weighted by Crippen LogP contribution is 2.24. The first-order valence-electron chi connectivity index (χ1n) is 5.14. The Bertz CT molecular complexity index is 199. The summed E-state index contributed by atoms with van der Waals surface area (Å²) in [4.78, 5) is 13.6. The van der Waals surface area contributed by atoms with Crippen LogP contribution in [0.1, 0.15) is 26.2 Å². The summed E-state index contributed by atoms with van der Waals surface area (Å²) < 4.78 is 5.28. The minimum absolute atomic E-state index is 0.347. The predicted molar refractivity (Wildman–Crippen MR) is 49.3 cm³/mol. The van der Waals surface area contributed by atoms with E-state index in [0.717, 1.165) is 39.0 Å². The molecule has 3 nitrogen and oxygen atoms in total. The number of carbonyl (C=O) groups is 1. The molecule has 13 heavy (non-hydrogen) atoms. The van der Waals surface area contributed by atoms with Crippen LogP contribution in [0.25, 0.3) is 0 Å². The Balaban J connectivity index is 1.95. The van der Waals surface area contributed by atoms with E-state index in [9.17, 15) is 4.79 Å².